The van der Waals surface area contributed by atoms with Crippen molar-refractivity contribution in [3.8, 4) is 0 Å². The molecule has 0 aliphatic heterocycles. The van der Waals surface area contributed by atoms with Gasteiger partial charge in [0, 0.05) is 20.1 Å². The number of rotatable bonds is 8. The second kappa shape index (κ2) is 13.2. The van der Waals surface area contributed by atoms with E-state index in [1.165, 1.54) is 24.2 Å². The molecule has 0 bridgehead atoms. The van der Waals surface area contributed by atoms with Gasteiger partial charge in [-0.1, -0.05) is 37.3 Å². The predicted octanol–water partition coefficient (Wildman–Crippen LogP) is 3.72. The van der Waals surface area contributed by atoms with Crippen molar-refractivity contribution in [2.75, 3.05) is 32.1 Å². The lowest BCUT2D eigenvalue weighted by atomic mass is 10.0. The number of hydrogen-bond acceptors (Lipinski definition) is 2. The second-order valence-electron chi connectivity index (χ2n) is 4.89. The molecule has 0 radical (unpaired) electrons. The highest BCUT2D eigenvalue weighted by molar-refractivity contribution is 14.0. The van der Waals surface area contributed by atoms with Gasteiger partial charge in [-0.25, -0.2) is 0 Å². The summed E-state index contributed by atoms with van der Waals surface area (Å²) in [5.41, 5.74) is 1.36. The van der Waals surface area contributed by atoms with Gasteiger partial charge in [0.05, 0.1) is 0 Å². The van der Waals surface area contributed by atoms with Gasteiger partial charge in [0.25, 0.3) is 0 Å². The summed E-state index contributed by atoms with van der Waals surface area (Å²) in [6.07, 6.45) is 4.60. The van der Waals surface area contributed by atoms with Crippen LogP contribution < -0.4 is 10.6 Å². The normalized spacial score (nSPS) is 12.4. The fourth-order valence-corrected chi connectivity index (χ4v) is 2.44. The Morgan fingerprint density at radius 2 is 1.90 bits per heavy atom. The molecule has 0 amide bonds. The standard InChI is InChI=1S/C16H27N3S.HI/c1-14(15-9-5-4-6-10-15)13-19-16(17-2)18-11-7-8-12-20-3;/h4-6,9-10,14H,7-8,11-13H2,1-3H3,(H2,17,18,19);1H. The Morgan fingerprint density at radius 3 is 2.52 bits per heavy atom. The highest BCUT2D eigenvalue weighted by Gasteiger charge is 2.05. The Kier molecular flexibility index (Phi) is 13.0. The van der Waals surface area contributed by atoms with E-state index in [-0.39, 0.29) is 24.0 Å². The largest absolute Gasteiger partial charge is 0.356 e. The number of thioether (sulfide) groups is 1. The van der Waals surface area contributed by atoms with E-state index in [2.05, 4.69) is 59.1 Å². The van der Waals surface area contributed by atoms with Gasteiger partial charge in [0.15, 0.2) is 5.96 Å². The van der Waals surface area contributed by atoms with Crippen LogP contribution in [-0.4, -0.2) is 38.1 Å². The lowest BCUT2D eigenvalue weighted by molar-refractivity contribution is 0.686. The van der Waals surface area contributed by atoms with Crippen LogP contribution >= 0.6 is 35.7 Å². The van der Waals surface area contributed by atoms with Crippen molar-refractivity contribution < 1.29 is 0 Å². The summed E-state index contributed by atoms with van der Waals surface area (Å²) < 4.78 is 0. The van der Waals surface area contributed by atoms with Crippen molar-refractivity contribution in [1.29, 1.82) is 0 Å². The maximum atomic E-state index is 4.26. The molecule has 0 saturated carbocycles. The van der Waals surface area contributed by atoms with Crippen molar-refractivity contribution in [3.63, 3.8) is 0 Å². The van der Waals surface area contributed by atoms with Crippen LogP contribution in [-0.2, 0) is 0 Å². The number of nitrogens with one attached hydrogen (secondary N) is 2. The number of halogens is 1. The van der Waals surface area contributed by atoms with Gasteiger partial charge in [0.1, 0.15) is 0 Å². The molecule has 2 N–H and O–H groups in total. The number of nitrogens with zero attached hydrogens (tertiary/aromatic N) is 1. The molecule has 1 atom stereocenters. The Hall–Kier alpha value is -0.430. The molecule has 5 heteroatoms. The Morgan fingerprint density at radius 1 is 1.19 bits per heavy atom. The predicted molar refractivity (Wildman–Crippen MR) is 107 cm³/mol. The zero-order valence-corrected chi connectivity index (χ0v) is 16.4. The summed E-state index contributed by atoms with van der Waals surface area (Å²) in [6, 6.07) is 10.6. The van der Waals surface area contributed by atoms with Crippen molar-refractivity contribution in [2.24, 2.45) is 4.99 Å². The first-order valence-corrected chi connectivity index (χ1v) is 8.65. The second-order valence-corrected chi connectivity index (χ2v) is 5.88. The van der Waals surface area contributed by atoms with Crippen LogP contribution in [0.25, 0.3) is 0 Å². The molecule has 0 fully saturated rings. The molecule has 1 aromatic carbocycles. The van der Waals surface area contributed by atoms with E-state index in [0.29, 0.717) is 5.92 Å². The summed E-state index contributed by atoms with van der Waals surface area (Å²) in [4.78, 5) is 4.26. The summed E-state index contributed by atoms with van der Waals surface area (Å²) in [7, 11) is 1.82. The maximum absolute atomic E-state index is 4.26. The Labute approximate surface area is 150 Å². The molecular weight excluding hydrogens is 393 g/mol. The highest BCUT2D eigenvalue weighted by atomic mass is 127. The van der Waals surface area contributed by atoms with Crippen LogP contribution in [0.5, 0.6) is 0 Å². The van der Waals surface area contributed by atoms with Crippen LogP contribution in [0.3, 0.4) is 0 Å². The van der Waals surface area contributed by atoms with Gasteiger partial charge in [-0.3, -0.25) is 4.99 Å². The van der Waals surface area contributed by atoms with E-state index in [4.69, 9.17) is 0 Å². The molecule has 120 valence electrons. The van der Waals surface area contributed by atoms with Crippen molar-refractivity contribution in [2.45, 2.75) is 25.7 Å². The summed E-state index contributed by atoms with van der Waals surface area (Å²) in [6.45, 7) is 4.11. The molecule has 0 heterocycles. The number of guanidine groups is 1. The SMILES string of the molecule is CN=C(NCCCCSC)NCC(C)c1ccccc1.I. The third-order valence-corrected chi connectivity index (χ3v) is 3.93. The first-order valence-electron chi connectivity index (χ1n) is 7.26. The van der Waals surface area contributed by atoms with E-state index in [1.807, 2.05) is 18.8 Å². The number of aliphatic imine (C=N–C) groups is 1. The molecular formula is C16H28IN3S. The molecule has 0 spiro atoms. The Balaban J connectivity index is 0.00000400. The van der Waals surface area contributed by atoms with Gasteiger partial charge in [-0.2, -0.15) is 11.8 Å². The minimum Gasteiger partial charge on any atom is -0.356 e. The molecule has 3 nitrogen and oxygen atoms in total. The fourth-order valence-electron chi connectivity index (χ4n) is 1.95. The zero-order chi connectivity index (χ0) is 14.6. The zero-order valence-electron chi connectivity index (χ0n) is 13.3. The van der Waals surface area contributed by atoms with Gasteiger partial charge in [-0.15, -0.1) is 24.0 Å². The molecule has 0 aliphatic carbocycles. The third kappa shape index (κ3) is 9.24. The quantitative estimate of drug-likeness (QED) is 0.291. The molecule has 21 heavy (non-hydrogen) atoms. The minimum atomic E-state index is 0. The average molecular weight is 421 g/mol. The molecule has 1 unspecified atom stereocenters. The van der Waals surface area contributed by atoms with E-state index in [0.717, 1.165) is 19.0 Å². The minimum absolute atomic E-state index is 0. The summed E-state index contributed by atoms with van der Waals surface area (Å²) >= 11 is 1.90. The first kappa shape index (κ1) is 20.6. The molecule has 0 saturated heterocycles. The lowest BCUT2D eigenvalue weighted by Crippen LogP contribution is -2.39. The van der Waals surface area contributed by atoms with Crippen LogP contribution in [0, 0.1) is 0 Å². The molecule has 1 aromatic rings. The number of hydrogen-bond donors (Lipinski definition) is 2. The highest BCUT2D eigenvalue weighted by Crippen LogP contribution is 2.12. The van der Waals surface area contributed by atoms with Crippen LogP contribution in [0.4, 0.5) is 0 Å². The molecule has 0 aliphatic rings. The lowest BCUT2D eigenvalue weighted by Gasteiger charge is -2.16. The van der Waals surface area contributed by atoms with Crippen LogP contribution in [0.2, 0.25) is 0 Å². The van der Waals surface area contributed by atoms with Crippen LogP contribution in [0.15, 0.2) is 35.3 Å². The van der Waals surface area contributed by atoms with E-state index in [1.54, 1.807) is 0 Å². The first-order chi connectivity index (χ1) is 9.77. The topological polar surface area (TPSA) is 36.4 Å². The van der Waals surface area contributed by atoms with E-state index >= 15 is 0 Å². The third-order valence-electron chi connectivity index (χ3n) is 3.24. The van der Waals surface area contributed by atoms with Gasteiger partial charge in [-0.05, 0) is 36.3 Å². The van der Waals surface area contributed by atoms with E-state index in [9.17, 15) is 0 Å². The molecule has 0 aromatic heterocycles. The van der Waals surface area contributed by atoms with Crippen molar-refractivity contribution in [3.05, 3.63) is 35.9 Å². The van der Waals surface area contributed by atoms with Gasteiger partial charge in [0.2, 0.25) is 0 Å². The van der Waals surface area contributed by atoms with Gasteiger partial charge < -0.3 is 10.6 Å². The van der Waals surface area contributed by atoms with Crippen molar-refractivity contribution in [1.82, 2.24) is 10.6 Å². The van der Waals surface area contributed by atoms with E-state index < -0.39 is 0 Å². The smallest absolute Gasteiger partial charge is 0.190 e. The number of benzene rings is 1. The monoisotopic (exact) mass is 421 g/mol. The average Bonchev–Trinajstić information content (AvgIpc) is 2.50. The van der Waals surface area contributed by atoms with Gasteiger partial charge >= 0.3 is 0 Å². The maximum Gasteiger partial charge on any atom is 0.190 e. The van der Waals surface area contributed by atoms with Crippen molar-refractivity contribution >= 4 is 41.7 Å². The summed E-state index contributed by atoms with van der Waals surface area (Å²) in [5, 5.41) is 6.76. The fraction of sp³-hybridized carbons (Fsp3) is 0.562. The number of unbranched alkanes of at least 4 members (excludes halogenated alkanes) is 1. The molecule has 1 rings (SSSR count). The van der Waals surface area contributed by atoms with Crippen LogP contribution in [0.1, 0.15) is 31.2 Å². The Bertz CT molecular complexity index is 384. The summed E-state index contributed by atoms with van der Waals surface area (Å²) in [5.74, 6) is 2.61.